The van der Waals surface area contributed by atoms with E-state index < -0.39 is 63.0 Å². The van der Waals surface area contributed by atoms with E-state index in [1.165, 1.54) is 13.0 Å². The zero-order chi connectivity index (χ0) is 23.9. The number of carbonyl (C=O) groups excluding carboxylic acids is 3. The molecule has 0 radical (unpaired) electrons. The van der Waals surface area contributed by atoms with Gasteiger partial charge < -0.3 is 14.9 Å². The predicted octanol–water partition coefficient (Wildman–Crippen LogP) is 2.95. The van der Waals surface area contributed by atoms with Crippen molar-refractivity contribution >= 4 is 40.7 Å². The van der Waals surface area contributed by atoms with Gasteiger partial charge in [-0.15, -0.1) is 23.2 Å². The zero-order valence-corrected chi connectivity index (χ0v) is 20.2. The highest BCUT2D eigenvalue weighted by molar-refractivity contribution is 6.28. The largest absolute Gasteiger partial charge is 0.458 e. The topological polar surface area (TPSA) is 101 Å². The van der Waals surface area contributed by atoms with Gasteiger partial charge in [-0.25, -0.2) is 0 Å². The van der Waals surface area contributed by atoms with E-state index in [9.17, 15) is 24.6 Å². The molecule has 0 aromatic heterocycles. The molecule has 0 amide bonds. The number of rotatable bonds is 3. The Balaban J connectivity index is 1.80. The number of aliphatic hydroxyl groups is 2. The molecule has 4 aliphatic rings. The van der Waals surface area contributed by atoms with Crippen molar-refractivity contribution in [2.24, 2.45) is 28.6 Å². The third-order valence-electron chi connectivity index (χ3n) is 9.03. The number of allylic oxidation sites excluding steroid dienone is 4. The van der Waals surface area contributed by atoms with E-state index in [4.69, 9.17) is 27.9 Å². The number of hydrogen-bond donors (Lipinski definition) is 2. The molecule has 0 saturated heterocycles. The monoisotopic (exact) mass is 484 g/mol. The molecule has 0 aliphatic heterocycles. The number of esters is 1. The first-order valence-electron chi connectivity index (χ1n) is 11.1. The van der Waals surface area contributed by atoms with Gasteiger partial charge >= 0.3 is 5.97 Å². The summed E-state index contributed by atoms with van der Waals surface area (Å²) in [6.45, 7) is 6.22. The Morgan fingerprint density at radius 2 is 1.97 bits per heavy atom. The molecule has 0 aromatic rings. The van der Waals surface area contributed by atoms with E-state index in [1.807, 2.05) is 13.8 Å². The highest BCUT2D eigenvalue weighted by atomic mass is 35.5. The van der Waals surface area contributed by atoms with Gasteiger partial charge in [0.15, 0.2) is 12.4 Å². The molecule has 32 heavy (non-hydrogen) atoms. The van der Waals surface area contributed by atoms with Crippen LogP contribution in [-0.2, 0) is 19.1 Å². The summed E-state index contributed by atoms with van der Waals surface area (Å²) in [5, 5.41) is 22.9. The summed E-state index contributed by atoms with van der Waals surface area (Å²) in [6, 6.07) is 0. The number of alkyl halides is 2. The Bertz CT molecular complexity index is 945. The van der Waals surface area contributed by atoms with E-state index in [-0.39, 0.29) is 18.1 Å². The molecular formula is C24H30Cl2O6. The third kappa shape index (κ3) is 2.82. The normalized spacial score (nSPS) is 49.6. The van der Waals surface area contributed by atoms with E-state index in [2.05, 4.69) is 0 Å². The molecule has 0 unspecified atom stereocenters. The number of halogens is 2. The minimum absolute atomic E-state index is 0.0819. The maximum absolute atomic E-state index is 13.2. The minimum atomic E-state index is -1.79. The first kappa shape index (κ1) is 23.9. The predicted molar refractivity (Wildman–Crippen MR) is 119 cm³/mol. The molecule has 0 bridgehead atoms. The van der Waals surface area contributed by atoms with Crippen LogP contribution < -0.4 is 0 Å². The summed E-state index contributed by atoms with van der Waals surface area (Å²) < 4.78 is 4.91. The lowest BCUT2D eigenvalue weighted by atomic mass is 9.45. The van der Waals surface area contributed by atoms with Crippen molar-refractivity contribution in [1.29, 1.82) is 0 Å². The fourth-order valence-electron chi connectivity index (χ4n) is 7.36. The highest BCUT2D eigenvalue weighted by Crippen LogP contribution is 2.71. The molecule has 8 heteroatoms. The third-order valence-corrected chi connectivity index (χ3v) is 10.3. The molecule has 3 saturated carbocycles. The van der Waals surface area contributed by atoms with Gasteiger partial charge in [0.1, 0.15) is 5.60 Å². The summed E-state index contributed by atoms with van der Waals surface area (Å²) in [7, 11) is 0. The van der Waals surface area contributed by atoms with Gasteiger partial charge in [0, 0.05) is 29.0 Å². The first-order valence-corrected chi connectivity index (χ1v) is 11.9. The molecule has 4 rings (SSSR count). The van der Waals surface area contributed by atoms with Gasteiger partial charge in [0.2, 0.25) is 5.78 Å². The second kappa shape index (κ2) is 7.39. The highest BCUT2D eigenvalue weighted by Gasteiger charge is 2.76. The molecule has 2 N–H and O–H groups in total. The number of hydrogen-bond acceptors (Lipinski definition) is 6. The quantitative estimate of drug-likeness (QED) is 0.471. The second-order valence-corrected chi connectivity index (χ2v) is 11.7. The molecule has 9 atom stereocenters. The summed E-state index contributed by atoms with van der Waals surface area (Å²) in [5.41, 5.74) is -2.79. The van der Waals surface area contributed by atoms with Crippen LogP contribution in [0, 0.1) is 28.6 Å². The van der Waals surface area contributed by atoms with Crippen molar-refractivity contribution in [2.45, 2.75) is 68.9 Å². The molecule has 0 aromatic carbocycles. The SMILES string of the molecule is CC(=O)OCC(=O)[C@@]1(O)[C@H](C)C[C@H]2[C@@H]3[C@H](Cl)CC4=CC(=O)C=C[C@]4(C)[C@@]3(Cl)[C@@H](O)C[C@@]21C. The van der Waals surface area contributed by atoms with Crippen LogP contribution >= 0.6 is 23.2 Å². The van der Waals surface area contributed by atoms with Crippen molar-refractivity contribution in [3.05, 3.63) is 23.8 Å². The van der Waals surface area contributed by atoms with Crippen LogP contribution in [0.3, 0.4) is 0 Å². The first-order chi connectivity index (χ1) is 14.7. The fourth-order valence-corrected chi connectivity index (χ4v) is 8.53. The van der Waals surface area contributed by atoms with Crippen molar-refractivity contribution in [3.8, 4) is 0 Å². The Morgan fingerprint density at radius 3 is 2.59 bits per heavy atom. The van der Waals surface area contributed by atoms with Crippen LogP contribution in [0.2, 0.25) is 0 Å². The maximum atomic E-state index is 13.2. The van der Waals surface area contributed by atoms with Crippen molar-refractivity contribution in [3.63, 3.8) is 0 Å². The standard InChI is InChI=1S/C24H30Cl2O6/c1-12-7-16-20-17(25)9-14-8-15(28)5-6-21(14,3)23(20,26)18(29)10-22(16,4)24(12,31)19(30)11-32-13(2)27/h5-6,8,12,16-18,20,29,31H,7,9-11H2,1-4H3/t12-,16+,17-,18+,20-,21+,22+,23-,24+/m1/s1. The fraction of sp³-hybridized carbons (Fsp3) is 0.708. The molecule has 176 valence electrons. The molecular weight excluding hydrogens is 455 g/mol. The minimum Gasteiger partial charge on any atom is -0.458 e. The van der Waals surface area contributed by atoms with E-state index in [0.29, 0.717) is 12.8 Å². The molecule has 0 heterocycles. The Kier molecular flexibility index (Phi) is 5.53. The molecule has 3 fully saturated rings. The Hall–Kier alpha value is -1.21. The number of aliphatic hydroxyl groups excluding tert-OH is 1. The van der Waals surface area contributed by atoms with E-state index in [1.54, 1.807) is 19.1 Å². The second-order valence-electron chi connectivity index (χ2n) is 10.5. The van der Waals surface area contributed by atoms with Crippen LogP contribution in [0.5, 0.6) is 0 Å². The van der Waals surface area contributed by atoms with Crippen molar-refractivity contribution in [1.82, 2.24) is 0 Å². The van der Waals surface area contributed by atoms with Crippen LogP contribution in [-0.4, -0.2) is 56.3 Å². The van der Waals surface area contributed by atoms with Crippen molar-refractivity contribution < 1.29 is 29.3 Å². The molecule has 6 nitrogen and oxygen atoms in total. The van der Waals surface area contributed by atoms with Crippen LogP contribution in [0.4, 0.5) is 0 Å². The number of carbonyl (C=O) groups is 3. The lowest BCUT2D eigenvalue weighted by molar-refractivity contribution is -0.182. The van der Waals surface area contributed by atoms with Gasteiger partial charge in [-0.1, -0.05) is 32.4 Å². The van der Waals surface area contributed by atoms with Crippen LogP contribution in [0.25, 0.3) is 0 Å². The number of Topliss-reactive ketones (excluding diaryl/α,β-unsaturated/α-hetero) is 1. The van der Waals surface area contributed by atoms with Gasteiger partial charge in [-0.05, 0) is 43.3 Å². The Morgan fingerprint density at radius 1 is 1.31 bits per heavy atom. The van der Waals surface area contributed by atoms with Gasteiger partial charge in [0.25, 0.3) is 0 Å². The lowest BCUT2D eigenvalue weighted by Gasteiger charge is -2.64. The lowest BCUT2D eigenvalue weighted by Crippen LogP contribution is -2.71. The molecule has 4 aliphatic carbocycles. The van der Waals surface area contributed by atoms with Gasteiger partial charge in [-0.2, -0.15) is 0 Å². The average Bonchev–Trinajstić information content (AvgIpc) is 2.89. The Labute approximate surface area is 198 Å². The zero-order valence-electron chi connectivity index (χ0n) is 18.7. The molecule has 0 spiro atoms. The van der Waals surface area contributed by atoms with E-state index in [0.717, 1.165) is 5.57 Å². The number of ketones is 2. The van der Waals surface area contributed by atoms with Gasteiger partial charge in [-0.3, -0.25) is 14.4 Å². The van der Waals surface area contributed by atoms with Crippen LogP contribution in [0.1, 0.15) is 47.0 Å². The van der Waals surface area contributed by atoms with Crippen molar-refractivity contribution in [2.75, 3.05) is 6.61 Å². The van der Waals surface area contributed by atoms with Gasteiger partial charge in [0.05, 0.1) is 11.0 Å². The average molecular weight is 485 g/mol. The summed E-state index contributed by atoms with van der Waals surface area (Å²) in [4.78, 5) is 35.3. The maximum Gasteiger partial charge on any atom is 0.303 e. The summed E-state index contributed by atoms with van der Waals surface area (Å²) >= 11 is 14.3. The number of ether oxygens (including phenoxy) is 1. The van der Waals surface area contributed by atoms with Crippen LogP contribution in [0.15, 0.2) is 23.8 Å². The summed E-state index contributed by atoms with van der Waals surface area (Å²) in [6.07, 6.45) is 4.73. The summed E-state index contributed by atoms with van der Waals surface area (Å²) in [5.74, 6) is -2.42. The number of fused-ring (bicyclic) bond motifs is 5. The smallest absolute Gasteiger partial charge is 0.303 e. The van der Waals surface area contributed by atoms with E-state index >= 15 is 0 Å².